The number of fused-ring (bicyclic) bond motifs is 1. The quantitative estimate of drug-likeness (QED) is 0.155. The Balaban J connectivity index is 0.000000246. The second-order valence-corrected chi connectivity index (χ2v) is 11.8. The molecule has 14 heteroatoms. The molecule has 3 aromatic rings. The lowest BCUT2D eigenvalue weighted by Gasteiger charge is -2.18. The van der Waals surface area contributed by atoms with Gasteiger partial charge in [-0.15, -0.1) is 0 Å². The lowest BCUT2D eigenvalue weighted by molar-refractivity contribution is -0.146. The Kier molecular flexibility index (Phi) is 11.2. The number of carboxylic acid groups (broad SMARTS) is 1. The molecule has 234 valence electrons. The van der Waals surface area contributed by atoms with E-state index in [1.54, 1.807) is 18.2 Å². The maximum atomic E-state index is 14.5. The van der Waals surface area contributed by atoms with Gasteiger partial charge >= 0.3 is 16.8 Å². The first-order valence-electron chi connectivity index (χ1n) is 13.9. The minimum absolute atomic E-state index is 0.000883. The summed E-state index contributed by atoms with van der Waals surface area (Å²) < 4.78 is 26.8. The Morgan fingerprint density at radius 1 is 1.02 bits per heavy atom. The molecule has 0 fully saturated rings. The number of thiazole rings is 1. The molecule has 0 saturated heterocycles. The predicted molar refractivity (Wildman–Crippen MR) is 164 cm³/mol. The molecule has 0 unspecified atom stereocenters. The standard InChI is InChI=1S/C21H23ClFNO5.C9H6ClNO3S/c1-2-3-6-9-28-19(25)12-29-18-11-17(16(23)10-15(18)22)24-20(26)13-7-4-5-8-14(13)21(24)27;10-5-2-1-3-6-8(5)11(4-7(12)13)9(14)15-6/h10-11H,2-9,12H2,1H3;1-3H,4H2,(H,12,13). The number of ether oxygens (including phenoxy) is 2. The number of aliphatic carboxylic acids is 1. The molecule has 1 aliphatic carbocycles. The molecule has 2 amide bonds. The fraction of sp³-hybridized carbons (Fsp3) is 0.367. The van der Waals surface area contributed by atoms with Crippen LogP contribution in [0.5, 0.6) is 5.75 Å². The van der Waals surface area contributed by atoms with E-state index in [-0.39, 0.29) is 27.9 Å². The smallest absolute Gasteiger partial charge is 0.344 e. The molecule has 2 aliphatic rings. The van der Waals surface area contributed by atoms with Crippen LogP contribution < -0.4 is 14.5 Å². The van der Waals surface area contributed by atoms with Crippen LogP contribution in [-0.2, 0) is 30.5 Å². The molecule has 0 radical (unpaired) electrons. The lowest BCUT2D eigenvalue weighted by atomic mass is 9.93. The van der Waals surface area contributed by atoms with Crippen molar-refractivity contribution in [2.24, 2.45) is 0 Å². The first-order chi connectivity index (χ1) is 21.0. The number of carbonyl (C=O) groups is 4. The molecule has 1 aliphatic heterocycles. The molecule has 0 saturated carbocycles. The predicted octanol–water partition coefficient (Wildman–Crippen LogP) is 6.14. The van der Waals surface area contributed by atoms with Crippen LogP contribution in [0.3, 0.4) is 0 Å². The van der Waals surface area contributed by atoms with Crippen molar-refractivity contribution >= 4 is 74.2 Å². The van der Waals surface area contributed by atoms with E-state index in [1.165, 1.54) is 10.6 Å². The number of anilines is 1. The number of hydrogen-bond donors (Lipinski definition) is 1. The summed E-state index contributed by atoms with van der Waals surface area (Å²) in [4.78, 5) is 59.7. The van der Waals surface area contributed by atoms with E-state index in [4.69, 9.17) is 37.8 Å². The summed E-state index contributed by atoms with van der Waals surface area (Å²) in [7, 11) is 0. The fourth-order valence-electron chi connectivity index (χ4n) is 4.83. The maximum absolute atomic E-state index is 14.5. The summed E-state index contributed by atoms with van der Waals surface area (Å²) >= 11 is 12.9. The molecule has 5 rings (SSSR count). The molecular weight excluding hydrogens is 638 g/mol. The van der Waals surface area contributed by atoms with Gasteiger partial charge in [-0.2, -0.15) is 0 Å². The van der Waals surface area contributed by atoms with E-state index >= 15 is 0 Å². The number of unbranched alkanes of at least 4 members (excludes halogenated alkanes) is 2. The molecule has 10 nitrogen and oxygen atoms in total. The number of carbonyl (C=O) groups excluding carboxylic acids is 3. The van der Waals surface area contributed by atoms with Gasteiger partial charge in [-0.1, -0.05) is 60.4 Å². The van der Waals surface area contributed by atoms with Gasteiger partial charge in [0, 0.05) is 17.2 Å². The van der Waals surface area contributed by atoms with Crippen LogP contribution in [0.2, 0.25) is 10.0 Å². The summed E-state index contributed by atoms with van der Waals surface area (Å²) in [6.07, 6.45) is 5.40. The van der Waals surface area contributed by atoms with Gasteiger partial charge in [0.1, 0.15) is 18.1 Å². The van der Waals surface area contributed by atoms with E-state index < -0.39 is 36.2 Å². The SMILES string of the molecule is CCCCCOC(=O)COc1cc(N2C(=O)C3=C(CCCC3)C2=O)c(F)cc1Cl.O=C(O)Cn1c(=O)sc2cccc(Cl)c21. The topological polar surface area (TPSA) is 132 Å². The van der Waals surface area contributed by atoms with E-state index in [1.807, 2.05) is 6.92 Å². The Bertz CT molecular complexity index is 1670. The average Bonchev–Trinajstić information content (AvgIpc) is 3.43. The number of carboxylic acids is 1. The van der Waals surface area contributed by atoms with Gasteiger partial charge in [-0.25, -0.2) is 14.1 Å². The highest BCUT2D eigenvalue weighted by atomic mass is 35.5. The Morgan fingerprint density at radius 2 is 1.70 bits per heavy atom. The monoisotopic (exact) mass is 666 g/mol. The van der Waals surface area contributed by atoms with Crippen molar-refractivity contribution in [2.75, 3.05) is 18.1 Å². The van der Waals surface area contributed by atoms with Crippen LogP contribution in [0, 0.1) is 5.82 Å². The first kappa shape index (κ1) is 33.2. The highest BCUT2D eigenvalue weighted by Gasteiger charge is 2.41. The molecular formula is C30H29Cl2FN2O8S. The van der Waals surface area contributed by atoms with E-state index in [9.17, 15) is 28.4 Å². The third kappa shape index (κ3) is 7.48. The van der Waals surface area contributed by atoms with Gasteiger partial charge in [-0.05, 0) is 50.3 Å². The van der Waals surface area contributed by atoms with Crippen molar-refractivity contribution in [3.05, 3.63) is 67.0 Å². The third-order valence-electron chi connectivity index (χ3n) is 6.92. The summed E-state index contributed by atoms with van der Waals surface area (Å²) in [6.45, 7) is 1.57. The molecule has 2 aromatic carbocycles. The molecule has 44 heavy (non-hydrogen) atoms. The number of para-hydroxylation sites is 1. The van der Waals surface area contributed by atoms with Crippen LogP contribution in [0.25, 0.3) is 10.2 Å². The Labute approximate surface area is 265 Å². The number of aromatic nitrogens is 1. The summed E-state index contributed by atoms with van der Waals surface area (Å²) in [5.41, 5.74) is 1.17. The van der Waals surface area contributed by atoms with Crippen LogP contribution in [0.4, 0.5) is 10.1 Å². The number of amides is 2. The number of imide groups is 1. The van der Waals surface area contributed by atoms with Gasteiger partial charge in [-0.3, -0.25) is 23.7 Å². The molecule has 0 atom stereocenters. The van der Waals surface area contributed by atoms with Crippen molar-refractivity contribution in [2.45, 2.75) is 58.4 Å². The molecule has 0 spiro atoms. The van der Waals surface area contributed by atoms with E-state index in [0.29, 0.717) is 45.8 Å². The van der Waals surface area contributed by atoms with Crippen molar-refractivity contribution in [1.82, 2.24) is 4.57 Å². The van der Waals surface area contributed by atoms with Gasteiger partial charge in [0.25, 0.3) is 11.8 Å². The van der Waals surface area contributed by atoms with Crippen LogP contribution >= 0.6 is 34.5 Å². The zero-order chi connectivity index (χ0) is 32.0. The Morgan fingerprint density at radius 3 is 2.34 bits per heavy atom. The van der Waals surface area contributed by atoms with Gasteiger partial charge in [0.2, 0.25) is 0 Å². The number of rotatable bonds is 10. The largest absolute Gasteiger partial charge is 0.480 e. The number of benzene rings is 2. The second-order valence-electron chi connectivity index (χ2n) is 9.99. The fourth-order valence-corrected chi connectivity index (χ4v) is 6.29. The summed E-state index contributed by atoms with van der Waals surface area (Å²) in [5.74, 6) is -3.46. The number of esters is 1. The average molecular weight is 668 g/mol. The van der Waals surface area contributed by atoms with Gasteiger partial charge < -0.3 is 14.6 Å². The second kappa shape index (κ2) is 14.8. The normalized spacial score (nSPS) is 14.4. The van der Waals surface area contributed by atoms with E-state index in [0.717, 1.165) is 54.4 Å². The van der Waals surface area contributed by atoms with Gasteiger partial charge in [0.05, 0.1) is 32.6 Å². The number of nitrogens with zero attached hydrogens (tertiary/aromatic N) is 2. The van der Waals surface area contributed by atoms with Gasteiger partial charge in [0.15, 0.2) is 6.61 Å². The van der Waals surface area contributed by atoms with Crippen molar-refractivity contribution < 1.29 is 38.1 Å². The van der Waals surface area contributed by atoms with Crippen LogP contribution in [0.15, 0.2) is 46.3 Å². The first-order valence-corrected chi connectivity index (χ1v) is 15.5. The molecule has 0 bridgehead atoms. The highest BCUT2D eigenvalue weighted by molar-refractivity contribution is 7.16. The molecule has 2 heterocycles. The molecule has 1 N–H and O–H groups in total. The summed E-state index contributed by atoms with van der Waals surface area (Å²) in [5, 5.41) is 8.99. The number of hydrogen-bond acceptors (Lipinski definition) is 8. The zero-order valence-corrected chi connectivity index (χ0v) is 26.0. The minimum atomic E-state index is -1.06. The van der Waals surface area contributed by atoms with Crippen molar-refractivity contribution in [3.63, 3.8) is 0 Å². The Hall–Kier alpha value is -3.74. The summed E-state index contributed by atoms with van der Waals surface area (Å²) in [6, 6.07) is 7.25. The van der Waals surface area contributed by atoms with Crippen LogP contribution in [0.1, 0.15) is 51.9 Å². The van der Waals surface area contributed by atoms with E-state index in [2.05, 4.69) is 0 Å². The van der Waals surface area contributed by atoms with Crippen LogP contribution in [-0.4, -0.2) is 46.6 Å². The third-order valence-corrected chi connectivity index (χ3v) is 8.46. The highest BCUT2D eigenvalue weighted by Crippen LogP contribution is 2.39. The molecule has 1 aromatic heterocycles. The number of halogens is 3. The zero-order valence-electron chi connectivity index (χ0n) is 23.7. The minimum Gasteiger partial charge on any atom is -0.480 e. The lowest BCUT2D eigenvalue weighted by Crippen LogP contribution is -2.32. The van der Waals surface area contributed by atoms with Crippen molar-refractivity contribution in [3.8, 4) is 5.75 Å². The van der Waals surface area contributed by atoms with Crippen molar-refractivity contribution in [1.29, 1.82) is 0 Å². The maximum Gasteiger partial charge on any atom is 0.344 e.